The fraction of sp³-hybridized carbons (Fsp3) is 0.429. The normalized spacial score (nSPS) is 13.0. The van der Waals surface area contributed by atoms with E-state index in [-0.39, 0.29) is 6.61 Å². The van der Waals surface area contributed by atoms with E-state index >= 15 is 0 Å². The van der Waals surface area contributed by atoms with E-state index in [4.69, 9.17) is 10.2 Å². The molecule has 2 N–H and O–H groups in total. The number of aliphatic hydroxyl groups excluding tert-OH is 2. The molecule has 0 radical (unpaired) electrons. The minimum Gasteiger partial charge on any atom is -0.393 e. The quantitative estimate of drug-likeness (QED) is 0.535. The van der Waals surface area contributed by atoms with Crippen LogP contribution >= 0.6 is 0 Å². The molecule has 11 heavy (non-hydrogen) atoms. The van der Waals surface area contributed by atoms with Gasteiger partial charge in [-0.3, -0.25) is 0 Å². The van der Waals surface area contributed by atoms with Crippen LogP contribution in [0.2, 0.25) is 0 Å². The van der Waals surface area contributed by atoms with Crippen LogP contribution in [0, 0.1) is 0 Å². The van der Waals surface area contributed by atoms with Crippen molar-refractivity contribution in [3.8, 4) is 0 Å². The van der Waals surface area contributed by atoms with E-state index in [0.717, 1.165) is 0 Å². The van der Waals surface area contributed by atoms with Crippen LogP contribution in [0.25, 0.3) is 0 Å². The summed E-state index contributed by atoms with van der Waals surface area (Å²) in [5.74, 6) is 0. The predicted octanol–water partition coefficient (Wildman–Crippen LogP) is -1.07. The summed E-state index contributed by atoms with van der Waals surface area (Å²) in [5.41, 5.74) is 0.484. The highest BCUT2D eigenvalue weighted by atomic mass is 16.3. The largest absolute Gasteiger partial charge is 0.393 e. The van der Waals surface area contributed by atoms with Gasteiger partial charge in [-0.15, -0.1) is 0 Å². The van der Waals surface area contributed by atoms with E-state index in [1.165, 1.54) is 0 Å². The lowest BCUT2D eigenvalue weighted by molar-refractivity contribution is -0.672. The third-order valence-electron chi connectivity index (χ3n) is 1.38. The number of rotatable bonds is 2. The van der Waals surface area contributed by atoms with Gasteiger partial charge >= 0.3 is 0 Å². The van der Waals surface area contributed by atoms with Crippen molar-refractivity contribution < 1.29 is 14.8 Å². The predicted molar refractivity (Wildman–Crippen MR) is 37.5 cm³/mol. The topological polar surface area (TPSA) is 57.2 Å². The van der Waals surface area contributed by atoms with Gasteiger partial charge in [0.15, 0.2) is 12.4 Å². The van der Waals surface area contributed by atoms with E-state index in [2.05, 4.69) is 4.98 Å². The van der Waals surface area contributed by atoms with Crippen molar-refractivity contribution in [1.29, 1.82) is 0 Å². The number of nitrogens with zero attached hydrogens (tertiary/aromatic N) is 2. The zero-order valence-electron chi connectivity index (χ0n) is 6.31. The van der Waals surface area contributed by atoms with Gasteiger partial charge in [-0.25, -0.2) is 9.55 Å². The van der Waals surface area contributed by atoms with Crippen molar-refractivity contribution in [2.75, 3.05) is 6.61 Å². The van der Waals surface area contributed by atoms with Gasteiger partial charge in [0.1, 0.15) is 18.8 Å². The number of aliphatic hydroxyl groups is 2. The second-order valence-electron chi connectivity index (χ2n) is 2.35. The Morgan fingerprint density at radius 2 is 2.45 bits per heavy atom. The van der Waals surface area contributed by atoms with Crippen molar-refractivity contribution in [2.24, 2.45) is 7.05 Å². The van der Waals surface area contributed by atoms with Gasteiger partial charge in [0, 0.05) is 0 Å². The number of hydrogen-bond donors (Lipinski definition) is 2. The molecule has 1 aromatic heterocycles. The van der Waals surface area contributed by atoms with Gasteiger partial charge < -0.3 is 10.2 Å². The summed E-state index contributed by atoms with van der Waals surface area (Å²) < 4.78 is 1.77. The maximum absolute atomic E-state index is 9.13. The van der Waals surface area contributed by atoms with Gasteiger partial charge in [0.05, 0.1) is 12.8 Å². The fourth-order valence-corrected chi connectivity index (χ4v) is 0.775. The Bertz CT molecular complexity index is 240. The zero-order valence-corrected chi connectivity index (χ0v) is 6.31. The van der Waals surface area contributed by atoms with Gasteiger partial charge in [-0.05, 0) is 0 Å². The Labute approximate surface area is 64.8 Å². The second kappa shape index (κ2) is 3.41. The third-order valence-corrected chi connectivity index (χ3v) is 1.38. The molecule has 1 aromatic rings. The highest BCUT2D eigenvalue weighted by molar-refractivity contribution is 4.94. The van der Waals surface area contributed by atoms with E-state index < -0.39 is 6.10 Å². The first-order valence-electron chi connectivity index (χ1n) is 3.34. The molecule has 0 aliphatic carbocycles. The monoisotopic (exact) mass is 155 g/mol. The number of hydrogen-bond acceptors (Lipinski definition) is 3. The average Bonchev–Trinajstić information content (AvgIpc) is 2.03. The summed E-state index contributed by atoms with van der Waals surface area (Å²) in [6.45, 7) is -0.295. The first-order chi connectivity index (χ1) is 5.24. The van der Waals surface area contributed by atoms with Crippen molar-refractivity contribution in [2.45, 2.75) is 6.10 Å². The molecule has 0 amide bonds. The Morgan fingerprint density at radius 1 is 1.73 bits per heavy atom. The number of aromatic nitrogens is 2. The van der Waals surface area contributed by atoms with Crippen LogP contribution in [0.1, 0.15) is 11.8 Å². The van der Waals surface area contributed by atoms with Gasteiger partial charge in [0.25, 0.3) is 0 Å². The van der Waals surface area contributed by atoms with E-state index in [1.54, 1.807) is 23.2 Å². The maximum Gasteiger partial charge on any atom is 0.193 e. The molecule has 0 aliphatic heterocycles. The van der Waals surface area contributed by atoms with E-state index in [9.17, 15) is 0 Å². The molecule has 4 heteroatoms. The average molecular weight is 155 g/mol. The molecular formula is C7H11N2O2+. The Hall–Kier alpha value is -1.00. The Balaban J connectivity index is 2.86. The molecule has 0 bridgehead atoms. The van der Waals surface area contributed by atoms with Crippen molar-refractivity contribution in [3.63, 3.8) is 0 Å². The maximum atomic E-state index is 9.13. The lowest BCUT2D eigenvalue weighted by Gasteiger charge is -2.02. The summed E-state index contributed by atoms with van der Waals surface area (Å²) >= 11 is 0. The lowest BCUT2D eigenvalue weighted by atomic mass is 10.3. The van der Waals surface area contributed by atoms with Crippen molar-refractivity contribution in [3.05, 3.63) is 24.3 Å². The number of aryl methyl sites for hydroxylation is 1. The van der Waals surface area contributed by atoms with Crippen molar-refractivity contribution >= 4 is 0 Å². The van der Waals surface area contributed by atoms with Gasteiger partial charge in [0.2, 0.25) is 0 Å². The lowest BCUT2D eigenvalue weighted by Crippen LogP contribution is -2.28. The third kappa shape index (κ3) is 1.96. The summed E-state index contributed by atoms with van der Waals surface area (Å²) in [6, 6.07) is 0. The SMILES string of the molecule is C[n+]1ccnc(C(O)CO)c1. The molecule has 60 valence electrons. The fourth-order valence-electron chi connectivity index (χ4n) is 0.775. The standard InChI is InChI=1S/C7H11N2O2/c1-9-3-2-8-6(4-9)7(11)5-10/h2-4,7,10-11H,5H2,1H3/q+1. The molecule has 0 fully saturated rings. The molecular weight excluding hydrogens is 144 g/mol. The van der Waals surface area contributed by atoms with Crippen LogP contribution in [0.15, 0.2) is 18.6 Å². The van der Waals surface area contributed by atoms with Gasteiger partial charge in [-0.1, -0.05) is 0 Å². The highest BCUT2D eigenvalue weighted by Crippen LogP contribution is 2.03. The molecule has 4 nitrogen and oxygen atoms in total. The van der Waals surface area contributed by atoms with Crippen LogP contribution in [0.4, 0.5) is 0 Å². The zero-order chi connectivity index (χ0) is 8.27. The summed E-state index contributed by atoms with van der Waals surface area (Å²) in [4.78, 5) is 3.88. The first-order valence-corrected chi connectivity index (χ1v) is 3.34. The van der Waals surface area contributed by atoms with Crippen LogP contribution in [-0.4, -0.2) is 21.8 Å². The molecule has 0 aliphatic rings. The molecule has 1 rings (SSSR count). The summed E-state index contributed by atoms with van der Waals surface area (Å²) in [7, 11) is 1.83. The van der Waals surface area contributed by atoms with Crippen LogP contribution < -0.4 is 4.57 Å². The summed E-state index contributed by atoms with van der Waals surface area (Å²) in [6.07, 6.45) is 4.13. The minimum atomic E-state index is -0.873. The highest BCUT2D eigenvalue weighted by Gasteiger charge is 2.09. The first kappa shape index (κ1) is 8.10. The van der Waals surface area contributed by atoms with E-state index in [1.807, 2.05) is 7.05 Å². The van der Waals surface area contributed by atoms with Crippen molar-refractivity contribution in [1.82, 2.24) is 4.98 Å². The van der Waals surface area contributed by atoms with Crippen LogP contribution in [-0.2, 0) is 7.05 Å². The molecule has 1 atom stereocenters. The molecule has 0 spiro atoms. The molecule has 1 unspecified atom stereocenters. The molecule has 1 heterocycles. The van der Waals surface area contributed by atoms with E-state index in [0.29, 0.717) is 5.69 Å². The minimum absolute atomic E-state index is 0.295. The molecule has 0 saturated heterocycles. The second-order valence-corrected chi connectivity index (χ2v) is 2.35. The van der Waals surface area contributed by atoms with Crippen LogP contribution in [0.5, 0.6) is 0 Å². The Kier molecular flexibility index (Phi) is 2.51. The Morgan fingerprint density at radius 3 is 3.00 bits per heavy atom. The molecule has 0 saturated carbocycles. The molecule has 0 aromatic carbocycles. The summed E-state index contributed by atoms with van der Waals surface area (Å²) in [5, 5.41) is 17.7. The van der Waals surface area contributed by atoms with Gasteiger partial charge in [-0.2, -0.15) is 0 Å². The van der Waals surface area contributed by atoms with Crippen LogP contribution in [0.3, 0.4) is 0 Å². The smallest absolute Gasteiger partial charge is 0.193 e.